The molecule has 2 aromatic carbocycles. The summed E-state index contributed by atoms with van der Waals surface area (Å²) in [4.78, 5) is 33.3. The summed E-state index contributed by atoms with van der Waals surface area (Å²) in [6, 6.07) is 7.37. The second-order valence-electron chi connectivity index (χ2n) is 4.23. The molecule has 0 saturated heterocycles. The summed E-state index contributed by atoms with van der Waals surface area (Å²) >= 11 is 11.6. The molecule has 0 bridgehead atoms. The van der Waals surface area contributed by atoms with Crippen LogP contribution in [0.3, 0.4) is 0 Å². The zero-order valence-electron chi connectivity index (χ0n) is 11.2. The number of carboxylic acid groups (broad SMARTS) is 1. The number of ether oxygens (including phenoxy) is 1. The molecule has 0 amide bonds. The van der Waals surface area contributed by atoms with E-state index in [0.29, 0.717) is 5.02 Å². The van der Waals surface area contributed by atoms with Crippen LogP contribution in [0.5, 0.6) is 5.75 Å². The van der Waals surface area contributed by atoms with Crippen LogP contribution < -0.4 is 4.74 Å². The van der Waals surface area contributed by atoms with Gasteiger partial charge in [-0.2, -0.15) is 0 Å². The number of nitro groups is 1. The molecule has 0 aliphatic rings. The van der Waals surface area contributed by atoms with Crippen molar-refractivity contribution in [3.63, 3.8) is 0 Å². The highest BCUT2D eigenvalue weighted by molar-refractivity contribution is 6.36. The SMILES string of the molecule is O=C(Oc1cccc(C(=O)O)c1[N+](=O)[O-])c1ccc(Cl)cc1Cl. The van der Waals surface area contributed by atoms with Crippen molar-refractivity contribution in [3.05, 3.63) is 67.7 Å². The van der Waals surface area contributed by atoms with Crippen LogP contribution in [0, 0.1) is 10.1 Å². The van der Waals surface area contributed by atoms with Gasteiger partial charge in [0.05, 0.1) is 15.5 Å². The Bertz CT molecular complexity index is 821. The van der Waals surface area contributed by atoms with Gasteiger partial charge in [-0.1, -0.05) is 29.3 Å². The maximum Gasteiger partial charge on any atom is 0.345 e. The second-order valence-corrected chi connectivity index (χ2v) is 5.07. The van der Waals surface area contributed by atoms with Crippen LogP contribution in [0.2, 0.25) is 10.0 Å². The predicted molar refractivity (Wildman–Crippen MR) is 81.5 cm³/mol. The van der Waals surface area contributed by atoms with E-state index in [-0.39, 0.29) is 10.6 Å². The Labute approximate surface area is 139 Å². The van der Waals surface area contributed by atoms with Gasteiger partial charge in [0, 0.05) is 5.02 Å². The highest BCUT2D eigenvalue weighted by Gasteiger charge is 2.27. The molecule has 0 fully saturated rings. The largest absolute Gasteiger partial charge is 0.477 e. The van der Waals surface area contributed by atoms with Crippen LogP contribution in [0.15, 0.2) is 36.4 Å². The van der Waals surface area contributed by atoms with Gasteiger partial charge in [0.1, 0.15) is 5.56 Å². The van der Waals surface area contributed by atoms with Crippen LogP contribution in [-0.2, 0) is 0 Å². The minimum atomic E-state index is -1.51. The molecule has 0 aliphatic carbocycles. The highest BCUT2D eigenvalue weighted by atomic mass is 35.5. The van der Waals surface area contributed by atoms with Crippen molar-refractivity contribution in [3.8, 4) is 5.75 Å². The molecule has 0 atom stereocenters. The number of benzene rings is 2. The Morgan fingerprint density at radius 1 is 1.13 bits per heavy atom. The molecule has 2 aromatic rings. The summed E-state index contributed by atoms with van der Waals surface area (Å²) < 4.78 is 4.93. The normalized spacial score (nSPS) is 10.2. The lowest BCUT2D eigenvalue weighted by Crippen LogP contribution is -2.12. The number of nitro benzene ring substituents is 1. The lowest BCUT2D eigenvalue weighted by Gasteiger charge is -2.08. The summed E-state index contributed by atoms with van der Waals surface area (Å²) in [6.45, 7) is 0. The number of carbonyl (C=O) groups is 2. The first kappa shape index (κ1) is 16.7. The Morgan fingerprint density at radius 3 is 2.39 bits per heavy atom. The Balaban J connectivity index is 2.44. The number of halogens is 2. The zero-order valence-corrected chi connectivity index (χ0v) is 12.7. The summed E-state index contributed by atoms with van der Waals surface area (Å²) in [7, 11) is 0. The molecular formula is C14H7Cl2NO6. The van der Waals surface area contributed by atoms with Crippen LogP contribution >= 0.6 is 23.2 Å². The van der Waals surface area contributed by atoms with Gasteiger partial charge < -0.3 is 9.84 Å². The summed E-state index contributed by atoms with van der Waals surface area (Å²) in [5.74, 6) is -2.98. The number of aromatic carboxylic acids is 1. The molecule has 23 heavy (non-hydrogen) atoms. The first-order valence-corrected chi connectivity index (χ1v) is 6.74. The van der Waals surface area contributed by atoms with Gasteiger partial charge >= 0.3 is 17.6 Å². The monoisotopic (exact) mass is 355 g/mol. The van der Waals surface area contributed by atoms with E-state index in [1.54, 1.807) is 0 Å². The van der Waals surface area contributed by atoms with Crippen LogP contribution in [0.25, 0.3) is 0 Å². The molecule has 0 saturated carbocycles. The lowest BCUT2D eigenvalue weighted by atomic mass is 10.1. The predicted octanol–water partition coefficient (Wildman–Crippen LogP) is 3.82. The number of hydrogen-bond donors (Lipinski definition) is 1. The van der Waals surface area contributed by atoms with E-state index in [1.165, 1.54) is 24.3 Å². The van der Waals surface area contributed by atoms with E-state index in [0.717, 1.165) is 12.1 Å². The maximum absolute atomic E-state index is 12.1. The van der Waals surface area contributed by atoms with Crippen LogP contribution in [0.4, 0.5) is 5.69 Å². The minimum absolute atomic E-state index is 0.000424. The number of esters is 1. The first-order chi connectivity index (χ1) is 10.8. The molecule has 0 aromatic heterocycles. The molecule has 1 N–H and O–H groups in total. The molecule has 9 heteroatoms. The fourth-order valence-corrected chi connectivity index (χ4v) is 2.26. The van der Waals surface area contributed by atoms with E-state index in [9.17, 15) is 19.7 Å². The van der Waals surface area contributed by atoms with Crippen molar-refractivity contribution >= 4 is 40.8 Å². The molecule has 0 unspecified atom stereocenters. The molecule has 0 spiro atoms. The fourth-order valence-electron chi connectivity index (χ4n) is 1.78. The van der Waals surface area contributed by atoms with Crippen molar-refractivity contribution in [1.82, 2.24) is 0 Å². The Hall–Kier alpha value is -2.64. The maximum atomic E-state index is 12.1. The average Bonchev–Trinajstić information content (AvgIpc) is 2.46. The molecular weight excluding hydrogens is 349 g/mol. The molecule has 7 nitrogen and oxygen atoms in total. The Kier molecular flexibility index (Phi) is 4.83. The number of carbonyl (C=O) groups excluding carboxylic acids is 1. The Morgan fingerprint density at radius 2 is 1.83 bits per heavy atom. The van der Waals surface area contributed by atoms with Gasteiger partial charge in [0.2, 0.25) is 5.75 Å². The van der Waals surface area contributed by atoms with E-state index in [1.807, 2.05) is 0 Å². The number of hydrogen-bond acceptors (Lipinski definition) is 5. The van der Waals surface area contributed by atoms with Crippen molar-refractivity contribution in [2.75, 3.05) is 0 Å². The quantitative estimate of drug-likeness (QED) is 0.386. The number of para-hydroxylation sites is 1. The van der Waals surface area contributed by atoms with Gasteiger partial charge in [-0.25, -0.2) is 9.59 Å². The smallest absolute Gasteiger partial charge is 0.345 e. The van der Waals surface area contributed by atoms with Crippen molar-refractivity contribution in [1.29, 1.82) is 0 Å². The third-order valence-electron chi connectivity index (χ3n) is 2.77. The van der Waals surface area contributed by atoms with Gasteiger partial charge in [-0.15, -0.1) is 0 Å². The summed E-state index contributed by atoms with van der Waals surface area (Å²) in [5, 5.41) is 20.4. The zero-order chi connectivity index (χ0) is 17.1. The fraction of sp³-hybridized carbons (Fsp3) is 0. The van der Waals surface area contributed by atoms with E-state index < -0.39 is 33.9 Å². The van der Waals surface area contributed by atoms with Gasteiger partial charge in [-0.3, -0.25) is 10.1 Å². The number of nitrogens with zero attached hydrogens (tertiary/aromatic N) is 1. The standard InChI is InChI=1S/C14H7Cl2NO6/c15-7-4-5-8(10(16)6-7)14(20)23-11-3-1-2-9(13(18)19)12(11)17(21)22/h1-6H,(H,18,19). The van der Waals surface area contributed by atoms with Gasteiger partial charge in [0.15, 0.2) is 0 Å². The molecule has 2 rings (SSSR count). The van der Waals surface area contributed by atoms with Gasteiger partial charge in [0.25, 0.3) is 0 Å². The van der Waals surface area contributed by atoms with E-state index in [2.05, 4.69) is 0 Å². The number of carboxylic acids is 1. The van der Waals surface area contributed by atoms with Crippen LogP contribution in [0.1, 0.15) is 20.7 Å². The second kappa shape index (κ2) is 6.64. The molecule has 118 valence electrons. The average molecular weight is 356 g/mol. The lowest BCUT2D eigenvalue weighted by molar-refractivity contribution is -0.385. The van der Waals surface area contributed by atoms with Crippen molar-refractivity contribution in [2.45, 2.75) is 0 Å². The first-order valence-electron chi connectivity index (χ1n) is 5.99. The van der Waals surface area contributed by atoms with Crippen molar-refractivity contribution in [2.24, 2.45) is 0 Å². The third-order valence-corrected chi connectivity index (χ3v) is 3.31. The van der Waals surface area contributed by atoms with Gasteiger partial charge in [-0.05, 0) is 30.3 Å². The highest BCUT2D eigenvalue weighted by Crippen LogP contribution is 2.32. The molecule has 0 radical (unpaired) electrons. The minimum Gasteiger partial charge on any atom is -0.477 e. The molecule has 0 aliphatic heterocycles. The molecule has 0 heterocycles. The van der Waals surface area contributed by atoms with Crippen LogP contribution in [-0.4, -0.2) is 22.0 Å². The summed E-state index contributed by atoms with van der Waals surface area (Å²) in [6.07, 6.45) is 0. The van der Waals surface area contributed by atoms with E-state index >= 15 is 0 Å². The van der Waals surface area contributed by atoms with Crippen molar-refractivity contribution < 1.29 is 24.4 Å². The third kappa shape index (κ3) is 3.58. The summed E-state index contributed by atoms with van der Waals surface area (Å²) in [5.41, 5.74) is -1.48. The van der Waals surface area contributed by atoms with E-state index in [4.69, 9.17) is 33.0 Å². The number of rotatable bonds is 4. The topological polar surface area (TPSA) is 107 Å².